The average molecular weight is 279 g/mol. The van der Waals surface area contributed by atoms with Gasteiger partial charge in [-0.3, -0.25) is 9.48 Å². The van der Waals surface area contributed by atoms with Crippen molar-refractivity contribution in [1.29, 1.82) is 0 Å². The summed E-state index contributed by atoms with van der Waals surface area (Å²) in [5.41, 5.74) is 2.52. The normalized spacial score (nSPS) is 12.4. The topological polar surface area (TPSA) is 55.1 Å². The molecule has 19 heavy (non-hydrogen) atoms. The molecule has 5 heteroatoms. The van der Waals surface area contributed by atoms with E-state index in [1.54, 1.807) is 11.6 Å². The molecule has 0 saturated carbocycles. The largest absolute Gasteiger partial charge is 0.481 e. The maximum absolute atomic E-state index is 11.0. The Labute approximate surface area is 116 Å². The highest BCUT2D eigenvalue weighted by atomic mass is 35.5. The Balaban J connectivity index is 2.42. The van der Waals surface area contributed by atoms with Gasteiger partial charge in [0.15, 0.2) is 0 Å². The fourth-order valence-electron chi connectivity index (χ4n) is 1.97. The number of nitrogens with zero attached hydrogens (tertiary/aromatic N) is 2. The predicted octanol–water partition coefficient (Wildman–Crippen LogP) is 3.00. The van der Waals surface area contributed by atoms with Crippen molar-refractivity contribution in [1.82, 2.24) is 9.78 Å². The Bertz CT molecular complexity index is 607. The van der Waals surface area contributed by atoms with Crippen molar-refractivity contribution >= 4 is 17.6 Å². The molecule has 0 fully saturated rings. The zero-order valence-corrected chi connectivity index (χ0v) is 11.6. The number of benzene rings is 1. The van der Waals surface area contributed by atoms with Gasteiger partial charge in [-0.1, -0.05) is 36.7 Å². The van der Waals surface area contributed by atoms with Gasteiger partial charge in [0.2, 0.25) is 0 Å². The van der Waals surface area contributed by atoms with E-state index in [-0.39, 0.29) is 0 Å². The SMILES string of the molecule is CC(Cc1nn(C)cc1-c1ccccc1Cl)C(=O)O. The van der Waals surface area contributed by atoms with Gasteiger partial charge in [0, 0.05) is 35.8 Å². The third-order valence-corrected chi connectivity index (χ3v) is 3.32. The van der Waals surface area contributed by atoms with Crippen LogP contribution in [-0.2, 0) is 18.3 Å². The first-order chi connectivity index (χ1) is 8.99. The second-order valence-corrected chi connectivity index (χ2v) is 4.99. The van der Waals surface area contributed by atoms with Gasteiger partial charge < -0.3 is 5.11 Å². The van der Waals surface area contributed by atoms with E-state index in [0.717, 1.165) is 16.8 Å². The molecular weight excluding hydrogens is 264 g/mol. The number of aliphatic carboxylic acids is 1. The first-order valence-electron chi connectivity index (χ1n) is 5.99. The van der Waals surface area contributed by atoms with Crippen molar-refractivity contribution < 1.29 is 9.90 Å². The number of aromatic nitrogens is 2. The number of halogens is 1. The molecule has 0 radical (unpaired) electrons. The summed E-state index contributed by atoms with van der Waals surface area (Å²) in [5.74, 6) is -1.30. The highest BCUT2D eigenvalue weighted by Crippen LogP contribution is 2.30. The number of hydrogen-bond donors (Lipinski definition) is 1. The van der Waals surface area contributed by atoms with E-state index in [4.69, 9.17) is 16.7 Å². The molecule has 0 spiro atoms. The van der Waals surface area contributed by atoms with Crippen molar-refractivity contribution in [3.63, 3.8) is 0 Å². The van der Waals surface area contributed by atoms with E-state index >= 15 is 0 Å². The maximum Gasteiger partial charge on any atom is 0.306 e. The van der Waals surface area contributed by atoms with Crippen LogP contribution >= 0.6 is 11.6 Å². The lowest BCUT2D eigenvalue weighted by molar-refractivity contribution is -0.141. The smallest absolute Gasteiger partial charge is 0.306 e. The summed E-state index contributed by atoms with van der Waals surface area (Å²) in [6, 6.07) is 7.49. The second-order valence-electron chi connectivity index (χ2n) is 4.59. The summed E-state index contributed by atoms with van der Waals surface area (Å²) < 4.78 is 1.68. The summed E-state index contributed by atoms with van der Waals surface area (Å²) in [5, 5.41) is 14.0. The van der Waals surface area contributed by atoms with Crippen LogP contribution in [0.1, 0.15) is 12.6 Å². The summed E-state index contributed by atoms with van der Waals surface area (Å²) in [7, 11) is 1.81. The van der Waals surface area contributed by atoms with E-state index in [1.807, 2.05) is 37.5 Å². The molecule has 0 saturated heterocycles. The number of hydrogen-bond acceptors (Lipinski definition) is 2. The molecule has 2 aromatic rings. The van der Waals surface area contributed by atoms with E-state index < -0.39 is 11.9 Å². The van der Waals surface area contributed by atoms with Crippen LogP contribution in [0.25, 0.3) is 11.1 Å². The molecule has 0 aliphatic carbocycles. The molecule has 2 rings (SSSR count). The van der Waals surface area contributed by atoms with Gasteiger partial charge in [0.25, 0.3) is 0 Å². The zero-order valence-electron chi connectivity index (χ0n) is 10.8. The predicted molar refractivity (Wildman–Crippen MR) is 74.2 cm³/mol. The number of carboxylic acids is 1. The quantitative estimate of drug-likeness (QED) is 0.935. The number of carboxylic acid groups (broad SMARTS) is 1. The van der Waals surface area contributed by atoms with Gasteiger partial charge >= 0.3 is 5.97 Å². The minimum atomic E-state index is -0.823. The Hall–Kier alpha value is -1.81. The summed E-state index contributed by atoms with van der Waals surface area (Å²) in [6.07, 6.45) is 2.25. The van der Waals surface area contributed by atoms with E-state index in [2.05, 4.69) is 5.10 Å². The molecule has 100 valence electrons. The van der Waals surface area contributed by atoms with Crippen molar-refractivity contribution in [3.05, 3.63) is 41.2 Å². The highest BCUT2D eigenvalue weighted by Gasteiger charge is 2.18. The Morgan fingerprint density at radius 1 is 1.42 bits per heavy atom. The molecule has 0 aliphatic heterocycles. The molecule has 1 atom stereocenters. The van der Waals surface area contributed by atoms with Crippen LogP contribution in [0, 0.1) is 5.92 Å². The maximum atomic E-state index is 11.0. The molecule has 1 N–H and O–H groups in total. The van der Waals surface area contributed by atoms with Crippen LogP contribution in [0.4, 0.5) is 0 Å². The Morgan fingerprint density at radius 3 is 2.74 bits per heavy atom. The minimum Gasteiger partial charge on any atom is -0.481 e. The minimum absolute atomic E-state index is 0.386. The number of aryl methyl sites for hydroxylation is 1. The van der Waals surface area contributed by atoms with Gasteiger partial charge in [-0.05, 0) is 6.07 Å². The van der Waals surface area contributed by atoms with Crippen LogP contribution in [0.5, 0.6) is 0 Å². The number of rotatable bonds is 4. The van der Waals surface area contributed by atoms with Crippen LogP contribution in [0.3, 0.4) is 0 Å². The van der Waals surface area contributed by atoms with Crippen molar-refractivity contribution in [2.24, 2.45) is 13.0 Å². The Kier molecular flexibility index (Phi) is 3.90. The number of carbonyl (C=O) groups is 1. The van der Waals surface area contributed by atoms with Crippen LogP contribution in [-0.4, -0.2) is 20.9 Å². The molecular formula is C14H15ClN2O2. The van der Waals surface area contributed by atoms with Crippen molar-refractivity contribution in [2.45, 2.75) is 13.3 Å². The van der Waals surface area contributed by atoms with Gasteiger partial charge in [-0.25, -0.2) is 0 Å². The van der Waals surface area contributed by atoms with E-state index in [0.29, 0.717) is 11.4 Å². The second kappa shape index (κ2) is 5.45. The summed E-state index contributed by atoms with van der Waals surface area (Å²) >= 11 is 6.19. The lowest BCUT2D eigenvalue weighted by atomic mass is 9.99. The van der Waals surface area contributed by atoms with E-state index in [9.17, 15) is 4.79 Å². The van der Waals surface area contributed by atoms with Gasteiger partial charge in [0.05, 0.1) is 11.6 Å². The Morgan fingerprint density at radius 2 is 2.11 bits per heavy atom. The molecule has 0 aliphatic rings. The summed E-state index contributed by atoms with van der Waals surface area (Å²) in [6.45, 7) is 1.67. The molecule has 1 aromatic carbocycles. The molecule has 4 nitrogen and oxygen atoms in total. The van der Waals surface area contributed by atoms with E-state index in [1.165, 1.54) is 0 Å². The van der Waals surface area contributed by atoms with Gasteiger partial charge in [-0.2, -0.15) is 5.10 Å². The molecule has 0 amide bonds. The highest BCUT2D eigenvalue weighted by molar-refractivity contribution is 6.33. The van der Waals surface area contributed by atoms with Crippen LogP contribution < -0.4 is 0 Å². The third kappa shape index (κ3) is 2.96. The first-order valence-corrected chi connectivity index (χ1v) is 6.37. The average Bonchev–Trinajstić information content (AvgIpc) is 2.70. The van der Waals surface area contributed by atoms with Crippen LogP contribution in [0.15, 0.2) is 30.5 Å². The molecule has 0 bridgehead atoms. The zero-order chi connectivity index (χ0) is 14.0. The van der Waals surface area contributed by atoms with Crippen molar-refractivity contribution in [3.8, 4) is 11.1 Å². The summed E-state index contributed by atoms with van der Waals surface area (Å²) in [4.78, 5) is 11.0. The van der Waals surface area contributed by atoms with Gasteiger partial charge in [-0.15, -0.1) is 0 Å². The lowest BCUT2D eigenvalue weighted by Gasteiger charge is -2.07. The fourth-order valence-corrected chi connectivity index (χ4v) is 2.20. The van der Waals surface area contributed by atoms with Crippen LogP contribution in [0.2, 0.25) is 5.02 Å². The third-order valence-electron chi connectivity index (χ3n) is 2.99. The molecule has 1 heterocycles. The van der Waals surface area contributed by atoms with Gasteiger partial charge in [0.1, 0.15) is 0 Å². The lowest BCUT2D eigenvalue weighted by Crippen LogP contribution is -2.13. The standard InChI is InChI=1S/C14H15ClN2O2/c1-9(14(18)19)7-13-11(8-17(2)16-13)10-5-3-4-6-12(10)15/h3-6,8-9H,7H2,1-2H3,(H,18,19). The fraction of sp³-hybridized carbons (Fsp3) is 0.286. The molecule has 1 aromatic heterocycles. The molecule has 1 unspecified atom stereocenters. The monoisotopic (exact) mass is 278 g/mol. The van der Waals surface area contributed by atoms with Crippen molar-refractivity contribution in [2.75, 3.05) is 0 Å². The first kappa shape index (κ1) is 13.6.